The first kappa shape index (κ1) is 14.7. The van der Waals surface area contributed by atoms with Crippen LogP contribution < -0.4 is 5.32 Å². The molecular weight excluding hydrogens is 370 g/mol. The minimum atomic E-state index is 0.219. The van der Waals surface area contributed by atoms with Gasteiger partial charge in [0.2, 0.25) is 5.89 Å². The topological polar surface area (TPSA) is 68.0 Å². The Morgan fingerprint density at radius 1 is 1.32 bits per heavy atom. The van der Waals surface area contributed by atoms with Crippen molar-refractivity contribution in [2.75, 3.05) is 5.32 Å². The number of allylic oxidation sites excluding steroid dienone is 1. The van der Waals surface area contributed by atoms with E-state index in [1.165, 1.54) is 6.20 Å². The highest BCUT2D eigenvalue weighted by Gasteiger charge is 2.10. The molecule has 2 heterocycles. The van der Waals surface area contributed by atoms with Crippen molar-refractivity contribution >= 4 is 56.3 Å². The first-order chi connectivity index (χ1) is 10.7. The second kappa shape index (κ2) is 6.29. The highest BCUT2D eigenvalue weighted by molar-refractivity contribution is 9.10. The zero-order valence-electron chi connectivity index (χ0n) is 11.1. The molecule has 0 saturated carbocycles. The number of aromatic nitrogens is 2. The second-order valence-corrected chi connectivity index (χ2v) is 5.71. The zero-order chi connectivity index (χ0) is 15.5. The van der Waals surface area contributed by atoms with Crippen molar-refractivity contribution in [1.29, 1.82) is 0 Å². The van der Waals surface area contributed by atoms with Gasteiger partial charge in [0.15, 0.2) is 11.9 Å². The molecule has 0 radical (unpaired) electrons. The number of oxazole rings is 1. The molecule has 3 rings (SSSR count). The summed E-state index contributed by atoms with van der Waals surface area (Å²) in [7, 11) is 0. The molecule has 0 atom stereocenters. The summed E-state index contributed by atoms with van der Waals surface area (Å²) in [6, 6.07) is 8.70. The number of anilines is 1. The van der Waals surface area contributed by atoms with Crippen molar-refractivity contribution in [3.8, 4) is 0 Å². The standard InChI is InChI=1S/C15H9BrClN3O2/c16-10-1-4-14(19-7-10)18-6-9(8-21)15-20-12-5-11(17)2-3-13(12)22-15/h1-8H,(H,18,19). The molecule has 0 bridgehead atoms. The Labute approximate surface area is 139 Å². The van der Waals surface area contributed by atoms with Gasteiger partial charge < -0.3 is 9.73 Å². The van der Waals surface area contributed by atoms with Gasteiger partial charge in [-0.05, 0) is 46.3 Å². The smallest absolute Gasteiger partial charge is 0.232 e. The number of hydrogen-bond donors (Lipinski definition) is 1. The highest BCUT2D eigenvalue weighted by atomic mass is 79.9. The Morgan fingerprint density at radius 3 is 2.91 bits per heavy atom. The van der Waals surface area contributed by atoms with Crippen molar-refractivity contribution in [1.82, 2.24) is 9.97 Å². The highest BCUT2D eigenvalue weighted by Crippen LogP contribution is 2.23. The molecule has 0 aliphatic carbocycles. The number of rotatable bonds is 4. The van der Waals surface area contributed by atoms with Crippen LogP contribution in [0.5, 0.6) is 0 Å². The van der Waals surface area contributed by atoms with E-state index in [-0.39, 0.29) is 11.5 Å². The number of aldehydes is 1. The number of nitrogens with one attached hydrogen (secondary N) is 1. The van der Waals surface area contributed by atoms with Crippen molar-refractivity contribution in [3.63, 3.8) is 0 Å². The first-order valence-electron chi connectivity index (χ1n) is 6.25. The SMILES string of the molecule is O=CC(=CNc1ccc(Br)cn1)c1nc2cc(Cl)ccc2o1. The summed E-state index contributed by atoms with van der Waals surface area (Å²) in [5.74, 6) is 0.818. The number of carbonyl (C=O) groups excluding carboxylic acids is 1. The van der Waals surface area contributed by atoms with E-state index in [9.17, 15) is 4.79 Å². The number of pyridine rings is 1. The summed E-state index contributed by atoms with van der Waals surface area (Å²) in [4.78, 5) is 19.7. The average molecular weight is 379 g/mol. The molecule has 110 valence electrons. The van der Waals surface area contributed by atoms with Gasteiger partial charge in [-0.15, -0.1) is 0 Å². The van der Waals surface area contributed by atoms with Gasteiger partial charge in [-0.25, -0.2) is 9.97 Å². The number of halogens is 2. The van der Waals surface area contributed by atoms with E-state index in [1.54, 1.807) is 30.5 Å². The molecule has 3 aromatic rings. The van der Waals surface area contributed by atoms with Crippen LogP contribution in [-0.4, -0.2) is 16.3 Å². The van der Waals surface area contributed by atoms with E-state index in [0.29, 0.717) is 28.2 Å². The van der Waals surface area contributed by atoms with E-state index in [1.807, 2.05) is 6.07 Å². The van der Waals surface area contributed by atoms with E-state index in [0.717, 1.165) is 4.47 Å². The van der Waals surface area contributed by atoms with Crippen LogP contribution in [0.1, 0.15) is 5.89 Å². The Kier molecular flexibility index (Phi) is 4.22. The Morgan fingerprint density at radius 2 is 2.18 bits per heavy atom. The summed E-state index contributed by atoms with van der Waals surface area (Å²) in [6.45, 7) is 0. The second-order valence-electron chi connectivity index (χ2n) is 4.35. The van der Waals surface area contributed by atoms with Crippen molar-refractivity contribution < 1.29 is 9.21 Å². The normalized spacial score (nSPS) is 11.6. The molecule has 2 aromatic heterocycles. The number of carbonyl (C=O) groups is 1. The summed E-state index contributed by atoms with van der Waals surface area (Å²) in [5.41, 5.74) is 1.43. The number of nitrogens with zero attached hydrogens (tertiary/aromatic N) is 2. The van der Waals surface area contributed by atoms with Crippen LogP contribution in [0.4, 0.5) is 5.82 Å². The van der Waals surface area contributed by atoms with Gasteiger partial charge in [0.05, 0.1) is 5.57 Å². The molecule has 22 heavy (non-hydrogen) atoms. The van der Waals surface area contributed by atoms with Gasteiger partial charge in [-0.1, -0.05) is 11.6 Å². The Bertz CT molecular complexity index is 859. The molecule has 5 nitrogen and oxygen atoms in total. The maximum atomic E-state index is 11.3. The predicted molar refractivity (Wildman–Crippen MR) is 88.6 cm³/mol. The van der Waals surface area contributed by atoms with Gasteiger partial charge in [-0.3, -0.25) is 4.79 Å². The summed E-state index contributed by atoms with van der Waals surface area (Å²) in [6.07, 6.45) is 3.81. The lowest BCUT2D eigenvalue weighted by Gasteiger charge is -2.00. The van der Waals surface area contributed by atoms with E-state index >= 15 is 0 Å². The molecule has 0 unspecified atom stereocenters. The fraction of sp³-hybridized carbons (Fsp3) is 0. The Hall–Kier alpha value is -2.18. The number of hydrogen-bond acceptors (Lipinski definition) is 5. The maximum absolute atomic E-state index is 11.3. The van der Waals surface area contributed by atoms with Crippen LogP contribution in [0, 0.1) is 0 Å². The molecule has 0 amide bonds. The molecule has 0 spiro atoms. The van der Waals surface area contributed by atoms with Crippen LogP contribution in [-0.2, 0) is 4.79 Å². The van der Waals surface area contributed by atoms with Gasteiger partial charge in [0.1, 0.15) is 11.3 Å². The van der Waals surface area contributed by atoms with Crippen molar-refractivity contribution in [2.45, 2.75) is 0 Å². The van der Waals surface area contributed by atoms with Crippen LogP contribution in [0.15, 0.2) is 51.6 Å². The van der Waals surface area contributed by atoms with E-state index < -0.39 is 0 Å². The largest absolute Gasteiger partial charge is 0.436 e. The summed E-state index contributed by atoms with van der Waals surface area (Å²) >= 11 is 9.21. The molecule has 1 aromatic carbocycles. The minimum absolute atomic E-state index is 0.219. The molecular formula is C15H9BrClN3O2. The van der Waals surface area contributed by atoms with E-state index in [4.69, 9.17) is 16.0 Å². The number of fused-ring (bicyclic) bond motifs is 1. The van der Waals surface area contributed by atoms with Gasteiger partial charge in [0, 0.05) is 21.9 Å². The quantitative estimate of drug-likeness (QED) is 0.542. The first-order valence-corrected chi connectivity index (χ1v) is 7.43. The molecule has 1 N–H and O–H groups in total. The maximum Gasteiger partial charge on any atom is 0.232 e. The molecule has 0 fully saturated rings. The predicted octanol–water partition coefficient (Wildman–Crippen LogP) is 4.29. The van der Waals surface area contributed by atoms with Gasteiger partial charge in [0.25, 0.3) is 0 Å². The summed E-state index contributed by atoms with van der Waals surface area (Å²) in [5, 5.41) is 3.48. The molecule has 0 saturated heterocycles. The molecule has 0 aliphatic rings. The third-order valence-electron chi connectivity index (χ3n) is 2.83. The van der Waals surface area contributed by atoms with Crippen molar-refractivity contribution in [2.24, 2.45) is 0 Å². The Balaban J connectivity index is 1.89. The summed E-state index contributed by atoms with van der Waals surface area (Å²) < 4.78 is 6.42. The lowest BCUT2D eigenvalue weighted by molar-refractivity contribution is -0.103. The van der Waals surface area contributed by atoms with Crippen molar-refractivity contribution in [3.05, 3.63) is 58.1 Å². The lowest BCUT2D eigenvalue weighted by Crippen LogP contribution is -1.95. The fourth-order valence-corrected chi connectivity index (χ4v) is 2.18. The third-order valence-corrected chi connectivity index (χ3v) is 3.53. The fourth-order valence-electron chi connectivity index (χ4n) is 1.78. The molecule has 0 aliphatic heterocycles. The van der Waals surface area contributed by atoms with Crippen LogP contribution in [0.3, 0.4) is 0 Å². The van der Waals surface area contributed by atoms with Crippen LogP contribution in [0.25, 0.3) is 16.7 Å². The third kappa shape index (κ3) is 3.18. The van der Waals surface area contributed by atoms with E-state index in [2.05, 4.69) is 31.2 Å². The van der Waals surface area contributed by atoms with Gasteiger partial charge >= 0.3 is 0 Å². The average Bonchev–Trinajstić information content (AvgIpc) is 2.92. The minimum Gasteiger partial charge on any atom is -0.436 e. The monoisotopic (exact) mass is 377 g/mol. The zero-order valence-corrected chi connectivity index (χ0v) is 13.4. The lowest BCUT2D eigenvalue weighted by atomic mass is 10.3. The molecule has 7 heteroatoms. The van der Waals surface area contributed by atoms with Crippen LogP contribution >= 0.6 is 27.5 Å². The number of benzene rings is 1. The van der Waals surface area contributed by atoms with Gasteiger partial charge in [-0.2, -0.15) is 0 Å². The van der Waals surface area contributed by atoms with Crippen LogP contribution in [0.2, 0.25) is 5.02 Å².